The van der Waals surface area contributed by atoms with Crippen molar-refractivity contribution in [3.05, 3.63) is 72.3 Å². The van der Waals surface area contributed by atoms with Gasteiger partial charge in [0.25, 0.3) is 5.91 Å². The van der Waals surface area contributed by atoms with Crippen LogP contribution in [0.15, 0.2) is 66.3 Å². The van der Waals surface area contributed by atoms with Gasteiger partial charge in [-0.25, -0.2) is 4.79 Å². The van der Waals surface area contributed by atoms with Crippen molar-refractivity contribution in [2.45, 2.75) is 25.3 Å². The van der Waals surface area contributed by atoms with Crippen molar-refractivity contribution in [2.75, 3.05) is 13.7 Å². The summed E-state index contributed by atoms with van der Waals surface area (Å²) in [6, 6.07) is 14.5. The van der Waals surface area contributed by atoms with Crippen LogP contribution in [0.3, 0.4) is 0 Å². The summed E-state index contributed by atoms with van der Waals surface area (Å²) in [7, 11) is 1.53. The van der Waals surface area contributed by atoms with Gasteiger partial charge in [-0.05, 0) is 49.1 Å². The van der Waals surface area contributed by atoms with Gasteiger partial charge in [0.05, 0.1) is 13.3 Å². The second kappa shape index (κ2) is 9.26. The Hall–Kier alpha value is -3.61. The minimum atomic E-state index is -0.996. The Morgan fingerprint density at radius 2 is 1.93 bits per heavy atom. The number of rotatable bonds is 9. The fraction of sp³-hybridized carbons (Fsp3) is 0.261. The zero-order valence-corrected chi connectivity index (χ0v) is 17.1. The first kappa shape index (κ1) is 21.1. The van der Waals surface area contributed by atoms with Crippen molar-refractivity contribution in [1.82, 2.24) is 10.3 Å². The number of hydrazone groups is 1. The van der Waals surface area contributed by atoms with E-state index in [9.17, 15) is 9.59 Å². The maximum absolute atomic E-state index is 12.9. The highest BCUT2D eigenvalue weighted by molar-refractivity contribution is 6.07. The molecular formula is C23H25N3O4. The Balaban J connectivity index is 1.70. The molecule has 2 aromatic carbocycles. The van der Waals surface area contributed by atoms with E-state index in [1.807, 2.05) is 30.3 Å². The quantitative estimate of drug-likeness (QED) is 0.392. The SMILES string of the molecule is C=CCOc1ccc(/C=N\N2C(=O)N[C@](C)(CCc3ccccc3)C2=O)cc1OC. The van der Waals surface area contributed by atoms with Gasteiger partial charge in [-0.1, -0.05) is 43.0 Å². The summed E-state index contributed by atoms with van der Waals surface area (Å²) in [4.78, 5) is 25.2. The molecular weight excluding hydrogens is 382 g/mol. The summed E-state index contributed by atoms with van der Waals surface area (Å²) in [5, 5.41) is 7.74. The molecule has 1 saturated heterocycles. The summed E-state index contributed by atoms with van der Waals surface area (Å²) in [6.07, 6.45) is 4.24. The van der Waals surface area contributed by atoms with E-state index >= 15 is 0 Å². The molecule has 1 aliphatic heterocycles. The third-order valence-electron chi connectivity index (χ3n) is 4.86. The van der Waals surface area contributed by atoms with Crippen LogP contribution < -0.4 is 14.8 Å². The molecule has 30 heavy (non-hydrogen) atoms. The van der Waals surface area contributed by atoms with Gasteiger partial charge in [-0.3, -0.25) is 4.79 Å². The van der Waals surface area contributed by atoms with E-state index in [0.717, 1.165) is 10.6 Å². The monoisotopic (exact) mass is 407 g/mol. The molecule has 2 aromatic rings. The smallest absolute Gasteiger partial charge is 0.346 e. The van der Waals surface area contributed by atoms with Gasteiger partial charge in [0.2, 0.25) is 0 Å². The maximum Gasteiger partial charge on any atom is 0.346 e. The number of ether oxygens (including phenoxy) is 2. The number of hydrogen-bond acceptors (Lipinski definition) is 5. The highest BCUT2D eigenvalue weighted by Gasteiger charge is 2.47. The van der Waals surface area contributed by atoms with Crippen molar-refractivity contribution in [2.24, 2.45) is 5.10 Å². The summed E-state index contributed by atoms with van der Waals surface area (Å²) in [6.45, 7) is 5.69. The lowest BCUT2D eigenvalue weighted by Crippen LogP contribution is -2.44. The van der Waals surface area contributed by atoms with Crippen LogP contribution in [0.4, 0.5) is 4.79 Å². The fourth-order valence-electron chi connectivity index (χ4n) is 3.14. The van der Waals surface area contributed by atoms with Gasteiger partial charge in [0, 0.05) is 0 Å². The minimum absolute atomic E-state index is 0.355. The average molecular weight is 407 g/mol. The zero-order chi connectivity index (χ0) is 21.6. The van der Waals surface area contributed by atoms with Crippen LogP contribution in [0.2, 0.25) is 0 Å². The van der Waals surface area contributed by atoms with Crippen LogP contribution in [0.5, 0.6) is 11.5 Å². The number of imide groups is 1. The molecule has 0 aromatic heterocycles. The lowest BCUT2D eigenvalue weighted by atomic mass is 9.93. The largest absolute Gasteiger partial charge is 0.493 e. The number of amides is 3. The minimum Gasteiger partial charge on any atom is -0.493 e. The van der Waals surface area contributed by atoms with Crippen molar-refractivity contribution in [3.63, 3.8) is 0 Å². The lowest BCUT2D eigenvalue weighted by molar-refractivity contribution is -0.130. The molecule has 7 nitrogen and oxygen atoms in total. The normalized spacial score (nSPS) is 18.5. The molecule has 0 unspecified atom stereocenters. The molecule has 0 bridgehead atoms. The van der Waals surface area contributed by atoms with Crippen LogP contribution in [0, 0.1) is 0 Å². The van der Waals surface area contributed by atoms with E-state index in [0.29, 0.717) is 36.5 Å². The van der Waals surface area contributed by atoms with Gasteiger partial charge in [-0.2, -0.15) is 5.10 Å². The molecule has 1 aliphatic rings. The first-order chi connectivity index (χ1) is 14.5. The zero-order valence-electron chi connectivity index (χ0n) is 17.1. The second-order valence-electron chi connectivity index (χ2n) is 7.12. The van der Waals surface area contributed by atoms with E-state index in [-0.39, 0.29) is 5.91 Å². The van der Waals surface area contributed by atoms with Crippen molar-refractivity contribution in [1.29, 1.82) is 0 Å². The number of hydrogen-bond donors (Lipinski definition) is 1. The number of nitrogens with one attached hydrogen (secondary N) is 1. The molecule has 156 valence electrons. The molecule has 3 rings (SSSR count). The molecule has 1 fully saturated rings. The van der Waals surface area contributed by atoms with Crippen molar-refractivity contribution >= 4 is 18.2 Å². The van der Waals surface area contributed by atoms with Gasteiger partial charge >= 0.3 is 6.03 Å². The van der Waals surface area contributed by atoms with Crippen LogP contribution in [0.25, 0.3) is 0 Å². The molecule has 7 heteroatoms. The molecule has 0 aliphatic carbocycles. The number of carbonyl (C=O) groups is 2. The van der Waals surface area contributed by atoms with Crippen LogP contribution >= 0.6 is 0 Å². The number of carbonyl (C=O) groups excluding carboxylic acids is 2. The predicted octanol–water partition coefficient (Wildman–Crippen LogP) is 3.54. The first-order valence-electron chi connectivity index (χ1n) is 9.63. The Bertz CT molecular complexity index is 958. The number of aryl methyl sites for hydroxylation is 1. The van der Waals surface area contributed by atoms with Crippen LogP contribution in [0.1, 0.15) is 24.5 Å². The van der Waals surface area contributed by atoms with Gasteiger partial charge in [-0.15, -0.1) is 5.01 Å². The maximum atomic E-state index is 12.9. The third kappa shape index (κ3) is 4.68. The van der Waals surface area contributed by atoms with Crippen molar-refractivity contribution in [3.8, 4) is 11.5 Å². The molecule has 1 atom stereocenters. The van der Waals surface area contributed by atoms with E-state index in [4.69, 9.17) is 9.47 Å². The van der Waals surface area contributed by atoms with Crippen LogP contribution in [-0.4, -0.2) is 42.4 Å². The van der Waals surface area contributed by atoms with E-state index in [1.165, 1.54) is 13.3 Å². The first-order valence-corrected chi connectivity index (χ1v) is 9.63. The highest BCUT2D eigenvalue weighted by Crippen LogP contribution is 2.28. The Labute approximate surface area is 176 Å². The summed E-state index contributed by atoms with van der Waals surface area (Å²) >= 11 is 0. The van der Waals surface area contributed by atoms with Crippen LogP contribution in [-0.2, 0) is 11.2 Å². The molecule has 0 spiro atoms. The number of benzene rings is 2. The van der Waals surface area contributed by atoms with Gasteiger partial charge in [0.1, 0.15) is 12.1 Å². The van der Waals surface area contributed by atoms with E-state index in [2.05, 4.69) is 17.0 Å². The Morgan fingerprint density at radius 3 is 2.63 bits per heavy atom. The standard InChI is InChI=1S/C23H25N3O4/c1-4-14-30-19-11-10-18(15-20(19)29-3)16-24-26-21(27)23(2,25-22(26)28)13-12-17-8-6-5-7-9-17/h4-11,15-16H,1,12-14H2,2-3H3,(H,25,28)/b24-16-/t23-/m1/s1. The fourth-order valence-corrected chi connectivity index (χ4v) is 3.14. The number of urea groups is 1. The predicted molar refractivity (Wildman–Crippen MR) is 115 cm³/mol. The number of methoxy groups -OCH3 is 1. The van der Waals surface area contributed by atoms with Gasteiger partial charge < -0.3 is 14.8 Å². The topological polar surface area (TPSA) is 80.2 Å². The molecule has 1 heterocycles. The van der Waals surface area contributed by atoms with E-state index < -0.39 is 11.6 Å². The Morgan fingerprint density at radius 1 is 1.17 bits per heavy atom. The lowest BCUT2D eigenvalue weighted by Gasteiger charge is -2.20. The van der Waals surface area contributed by atoms with Crippen molar-refractivity contribution < 1.29 is 19.1 Å². The summed E-state index contributed by atoms with van der Waals surface area (Å²) in [5.41, 5.74) is 0.773. The van der Waals surface area contributed by atoms with E-state index in [1.54, 1.807) is 31.2 Å². The summed E-state index contributed by atoms with van der Waals surface area (Å²) in [5.74, 6) is 0.710. The average Bonchev–Trinajstić information content (AvgIpc) is 2.98. The molecule has 1 N–H and O–H groups in total. The summed E-state index contributed by atoms with van der Waals surface area (Å²) < 4.78 is 10.8. The number of nitrogens with zero attached hydrogens (tertiary/aromatic N) is 2. The third-order valence-corrected chi connectivity index (χ3v) is 4.86. The second-order valence-corrected chi connectivity index (χ2v) is 7.12. The molecule has 0 saturated carbocycles. The molecule has 3 amide bonds. The highest BCUT2D eigenvalue weighted by atomic mass is 16.5. The van der Waals surface area contributed by atoms with Gasteiger partial charge in [0.15, 0.2) is 11.5 Å². The Kier molecular flexibility index (Phi) is 6.51. The molecule has 0 radical (unpaired) electrons.